The lowest BCUT2D eigenvalue weighted by molar-refractivity contribution is 0.0914. The predicted molar refractivity (Wildman–Crippen MR) is 73.8 cm³/mol. The SMILES string of the molecule is Cc1ccc(C(=O)NC2CCNCC2C)cc1C. The van der Waals surface area contributed by atoms with Crippen LogP contribution in [0.5, 0.6) is 0 Å². The van der Waals surface area contributed by atoms with Crippen molar-refractivity contribution < 1.29 is 4.79 Å². The van der Waals surface area contributed by atoms with Crippen molar-refractivity contribution in [2.45, 2.75) is 33.2 Å². The zero-order valence-corrected chi connectivity index (χ0v) is 11.4. The zero-order valence-electron chi connectivity index (χ0n) is 11.4. The number of carbonyl (C=O) groups is 1. The maximum absolute atomic E-state index is 12.2. The Bertz CT molecular complexity index is 442. The molecule has 0 bridgehead atoms. The first-order chi connectivity index (χ1) is 8.58. The van der Waals surface area contributed by atoms with Crippen molar-refractivity contribution in [3.63, 3.8) is 0 Å². The van der Waals surface area contributed by atoms with Crippen LogP contribution in [0.1, 0.15) is 34.8 Å². The van der Waals surface area contributed by atoms with Gasteiger partial charge in [-0.1, -0.05) is 13.0 Å². The largest absolute Gasteiger partial charge is 0.349 e. The Hall–Kier alpha value is -1.35. The molecule has 98 valence electrons. The van der Waals surface area contributed by atoms with E-state index in [9.17, 15) is 4.79 Å². The Morgan fingerprint density at radius 3 is 2.78 bits per heavy atom. The summed E-state index contributed by atoms with van der Waals surface area (Å²) in [7, 11) is 0. The minimum absolute atomic E-state index is 0.0526. The fraction of sp³-hybridized carbons (Fsp3) is 0.533. The minimum atomic E-state index is 0.0526. The highest BCUT2D eigenvalue weighted by atomic mass is 16.1. The van der Waals surface area contributed by atoms with E-state index in [0.29, 0.717) is 12.0 Å². The second-order valence-electron chi connectivity index (χ2n) is 5.35. The van der Waals surface area contributed by atoms with Crippen molar-refractivity contribution in [2.75, 3.05) is 13.1 Å². The van der Waals surface area contributed by atoms with Crippen molar-refractivity contribution in [2.24, 2.45) is 5.92 Å². The number of carbonyl (C=O) groups excluding carboxylic acids is 1. The molecule has 1 saturated heterocycles. The number of nitrogens with one attached hydrogen (secondary N) is 2. The Morgan fingerprint density at radius 1 is 1.33 bits per heavy atom. The summed E-state index contributed by atoms with van der Waals surface area (Å²) in [6.45, 7) is 8.25. The molecule has 3 heteroatoms. The van der Waals surface area contributed by atoms with E-state index in [1.54, 1.807) is 0 Å². The fourth-order valence-electron chi connectivity index (χ4n) is 2.36. The predicted octanol–water partition coefficient (Wildman–Crippen LogP) is 2.03. The molecular formula is C15H22N2O. The van der Waals surface area contributed by atoms with Gasteiger partial charge >= 0.3 is 0 Å². The van der Waals surface area contributed by atoms with Crippen molar-refractivity contribution >= 4 is 5.91 Å². The van der Waals surface area contributed by atoms with Crippen molar-refractivity contribution in [3.05, 3.63) is 34.9 Å². The Balaban J connectivity index is 2.04. The molecule has 18 heavy (non-hydrogen) atoms. The molecule has 1 aliphatic rings. The Kier molecular flexibility index (Phi) is 4.02. The molecule has 1 aromatic rings. The number of aryl methyl sites for hydroxylation is 2. The number of benzene rings is 1. The first kappa shape index (κ1) is 13.1. The average Bonchev–Trinajstić information content (AvgIpc) is 2.35. The summed E-state index contributed by atoms with van der Waals surface area (Å²) in [6, 6.07) is 6.18. The lowest BCUT2D eigenvalue weighted by Gasteiger charge is -2.30. The molecule has 0 aromatic heterocycles. The monoisotopic (exact) mass is 246 g/mol. The van der Waals surface area contributed by atoms with Crippen LogP contribution in [0, 0.1) is 19.8 Å². The smallest absolute Gasteiger partial charge is 0.251 e. The van der Waals surface area contributed by atoms with Crippen LogP contribution < -0.4 is 10.6 Å². The van der Waals surface area contributed by atoms with Crippen molar-refractivity contribution in [1.82, 2.24) is 10.6 Å². The number of hydrogen-bond donors (Lipinski definition) is 2. The van der Waals surface area contributed by atoms with E-state index in [-0.39, 0.29) is 5.91 Å². The van der Waals surface area contributed by atoms with Gasteiger partial charge in [-0.15, -0.1) is 0 Å². The van der Waals surface area contributed by atoms with E-state index in [0.717, 1.165) is 25.1 Å². The summed E-state index contributed by atoms with van der Waals surface area (Å²) in [5.41, 5.74) is 3.16. The van der Waals surface area contributed by atoms with Crippen LogP contribution in [-0.2, 0) is 0 Å². The van der Waals surface area contributed by atoms with Gasteiger partial charge in [0.25, 0.3) is 5.91 Å². The van der Waals surface area contributed by atoms with Gasteiger partial charge in [0.1, 0.15) is 0 Å². The summed E-state index contributed by atoms with van der Waals surface area (Å²) < 4.78 is 0. The normalized spacial score (nSPS) is 23.7. The molecule has 2 atom stereocenters. The van der Waals surface area contributed by atoms with E-state index in [2.05, 4.69) is 24.5 Å². The highest BCUT2D eigenvalue weighted by Crippen LogP contribution is 2.13. The zero-order chi connectivity index (χ0) is 13.1. The first-order valence-corrected chi connectivity index (χ1v) is 6.67. The molecule has 0 spiro atoms. The third kappa shape index (κ3) is 2.91. The van der Waals surface area contributed by atoms with E-state index >= 15 is 0 Å². The van der Waals surface area contributed by atoms with Crippen LogP contribution >= 0.6 is 0 Å². The summed E-state index contributed by atoms with van der Waals surface area (Å²) in [5.74, 6) is 0.547. The van der Waals surface area contributed by atoms with Crippen LogP contribution in [-0.4, -0.2) is 25.0 Å². The fourth-order valence-corrected chi connectivity index (χ4v) is 2.36. The summed E-state index contributed by atoms with van der Waals surface area (Å²) in [6.07, 6.45) is 1.01. The standard InChI is InChI=1S/C15H22N2O/c1-10-4-5-13(8-11(10)2)15(18)17-14-6-7-16-9-12(14)3/h4-5,8,12,14,16H,6-7,9H2,1-3H3,(H,17,18). The van der Waals surface area contributed by atoms with Crippen LogP contribution in [0.25, 0.3) is 0 Å². The number of rotatable bonds is 2. The Morgan fingerprint density at radius 2 is 2.11 bits per heavy atom. The van der Waals surface area contributed by atoms with Gasteiger partial charge in [0, 0.05) is 11.6 Å². The molecule has 1 heterocycles. The summed E-state index contributed by atoms with van der Waals surface area (Å²) >= 11 is 0. The molecule has 0 radical (unpaired) electrons. The Labute approximate surface area is 109 Å². The first-order valence-electron chi connectivity index (χ1n) is 6.67. The molecule has 1 aromatic carbocycles. The lowest BCUT2D eigenvalue weighted by atomic mass is 9.95. The van der Waals surface area contributed by atoms with Crippen molar-refractivity contribution in [1.29, 1.82) is 0 Å². The molecule has 3 nitrogen and oxygen atoms in total. The maximum atomic E-state index is 12.2. The van der Waals surface area contributed by atoms with E-state index in [4.69, 9.17) is 0 Å². The van der Waals surface area contributed by atoms with Crippen LogP contribution in [0.4, 0.5) is 0 Å². The number of piperidine rings is 1. The second-order valence-corrected chi connectivity index (χ2v) is 5.35. The van der Waals surface area contributed by atoms with Gasteiger partial charge in [0.15, 0.2) is 0 Å². The molecule has 1 fully saturated rings. The maximum Gasteiger partial charge on any atom is 0.251 e. The number of hydrogen-bond acceptors (Lipinski definition) is 2. The summed E-state index contributed by atoms with van der Waals surface area (Å²) in [4.78, 5) is 12.2. The van der Waals surface area contributed by atoms with Crippen LogP contribution in [0.3, 0.4) is 0 Å². The highest BCUT2D eigenvalue weighted by Gasteiger charge is 2.22. The van der Waals surface area contributed by atoms with Crippen LogP contribution in [0.15, 0.2) is 18.2 Å². The molecule has 0 aliphatic carbocycles. The lowest BCUT2D eigenvalue weighted by Crippen LogP contribution is -2.48. The van der Waals surface area contributed by atoms with Gasteiger partial charge in [-0.2, -0.15) is 0 Å². The van der Waals surface area contributed by atoms with Gasteiger partial charge in [0.2, 0.25) is 0 Å². The van der Waals surface area contributed by atoms with Crippen LogP contribution in [0.2, 0.25) is 0 Å². The molecule has 0 saturated carbocycles. The third-order valence-corrected chi connectivity index (χ3v) is 3.87. The average molecular weight is 246 g/mol. The third-order valence-electron chi connectivity index (χ3n) is 3.87. The molecule has 2 unspecified atom stereocenters. The molecule has 1 amide bonds. The minimum Gasteiger partial charge on any atom is -0.349 e. The quantitative estimate of drug-likeness (QED) is 0.838. The van der Waals surface area contributed by atoms with Gasteiger partial charge in [0.05, 0.1) is 0 Å². The molecule has 2 rings (SSSR count). The molecule has 1 aliphatic heterocycles. The van der Waals surface area contributed by atoms with E-state index in [1.165, 1.54) is 11.1 Å². The van der Waals surface area contributed by atoms with E-state index in [1.807, 2.05) is 25.1 Å². The van der Waals surface area contributed by atoms with Gasteiger partial charge in [-0.3, -0.25) is 4.79 Å². The van der Waals surface area contributed by atoms with Crippen molar-refractivity contribution in [3.8, 4) is 0 Å². The second kappa shape index (κ2) is 5.53. The van der Waals surface area contributed by atoms with E-state index < -0.39 is 0 Å². The van der Waals surface area contributed by atoms with Gasteiger partial charge in [-0.05, 0) is 62.5 Å². The topological polar surface area (TPSA) is 41.1 Å². The summed E-state index contributed by atoms with van der Waals surface area (Å²) in [5, 5.41) is 6.50. The molecule has 2 N–H and O–H groups in total. The molecular weight excluding hydrogens is 224 g/mol. The highest BCUT2D eigenvalue weighted by molar-refractivity contribution is 5.94. The van der Waals surface area contributed by atoms with Gasteiger partial charge < -0.3 is 10.6 Å². The number of amides is 1. The van der Waals surface area contributed by atoms with Gasteiger partial charge in [-0.25, -0.2) is 0 Å².